The Hall–Kier alpha value is -3.46. The molecule has 6 heteroatoms. The number of halogens is 1. The van der Waals surface area contributed by atoms with Crippen LogP contribution in [0.1, 0.15) is 17.0 Å². The molecule has 0 amide bonds. The topological polar surface area (TPSA) is 87.1 Å². The van der Waals surface area contributed by atoms with E-state index in [-0.39, 0.29) is 22.8 Å². The fourth-order valence-corrected chi connectivity index (χ4v) is 3.20. The van der Waals surface area contributed by atoms with E-state index in [1.165, 1.54) is 18.2 Å². The van der Waals surface area contributed by atoms with Gasteiger partial charge in [-0.3, -0.25) is 5.41 Å². The van der Waals surface area contributed by atoms with Crippen LogP contribution in [0.2, 0.25) is 0 Å². The van der Waals surface area contributed by atoms with Crippen LogP contribution in [0.5, 0.6) is 5.75 Å². The fraction of sp³-hybridized carbons (Fsp3) is 0.105. The SMILES string of the molecule is N#CC1C(=N)Oc2c(c(=O)oc3ccccc23)C1c1ccccc1F. The van der Waals surface area contributed by atoms with Crippen molar-refractivity contribution in [1.82, 2.24) is 0 Å². The summed E-state index contributed by atoms with van der Waals surface area (Å²) in [7, 11) is 0. The van der Waals surface area contributed by atoms with Gasteiger partial charge >= 0.3 is 5.63 Å². The van der Waals surface area contributed by atoms with Gasteiger partial charge < -0.3 is 9.15 Å². The predicted molar refractivity (Wildman–Crippen MR) is 88.2 cm³/mol. The van der Waals surface area contributed by atoms with Crippen molar-refractivity contribution in [3.8, 4) is 11.8 Å². The van der Waals surface area contributed by atoms with Gasteiger partial charge in [0.1, 0.15) is 17.3 Å². The molecule has 3 aromatic rings. The molecule has 1 aromatic heterocycles. The van der Waals surface area contributed by atoms with Crippen molar-refractivity contribution in [1.29, 1.82) is 10.7 Å². The Morgan fingerprint density at radius 2 is 1.84 bits per heavy atom. The third-order valence-corrected chi connectivity index (χ3v) is 4.32. The van der Waals surface area contributed by atoms with Crippen molar-refractivity contribution in [2.45, 2.75) is 5.92 Å². The summed E-state index contributed by atoms with van der Waals surface area (Å²) in [6.45, 7) is 0. The monoisotopic (exact) mass is 334 g/mol. The van der Waals surface area contributed by atoms with Gasteiger partial charge in [-0.05, 0) is 23.8 Å². The summed E-state index contributed by atoms with van der Waals surface area (Å²) in [4.78, 5) is 12.6. The number of hydrogen-bond acceptors (Lipinski definition) is 5. The molecule has 2 aromatic carbocycles. The minimum absolute atomic E-state index is 0.0614. The van der Waals surface area contributed by atoms with Crippen LogP contribution in [0.4, 0.5) is 4.39 Å². The first-order valence-corrected chi connectivity index (χ1v) is 7.58. The van der Waals surface area contributed by atoms with Gasteiger partial charge in [0.05, 0.1) is 17.0 Å². The molecule has 0 spiro atoms. The van der Waals surface area contributed by atoms with E-state index in [0.29, 0.717) is 11.0 Å². The van der Waals surface area contributed by atoms with Crippen molar-refractivity contribution < 1.29 is 13.5 Å². The van der Waals surface area contributed by atoms with Crippen molar-refractivity contribution >= 4 is 16.9 Å². The molecule has 5 nitrogen and oxygen atoms in total. The lowest BCUT2D eigenvalue weighted by Gasteiger charge is -2.29. The summed E-state index contributed by atoms with van der Waals surface area (Å²) in [6.07, 6.45) is 0. The molecule has 0 saturated heterocycles. The Balaban J connectivity index is 2.10. The van der Waals surface area contributed by atoms with Gasteiger partial charge in [0.15, 0.2) is 5.75 Å². The second kappa shape index (κ2) is 5.56. The van der Waals surface area contributed by atoms with Gasteiger partial charge in [0.2, 0.25) is 5.90 Å². The molecule has 1 aliphatic heterocycles. The molecule has 0 radical (unpaired) electrons. The molecule has 122 valence electrons. The quantitative estimate of drug-likeness (QED) is 0.689. The van der Waals surface area contributed by atoms with Crippen molar-refractivity contribution in [2.75, 3.05) is 0 Å². The van der Waals surface area contributed by atoms with E-state index in [9.17, 15) is 14.4 Å². The largest absolute Gasteiger partial charge is 0.441 e. The fourth-order valence-electron chi connectivity index (χ4n) is 3.20. The van der Waals surface area contributed by atoms with Crippen LogP contribution in [-0.4, -0.2) is 5.90 Å². The summed E-state index contributed by atoms with van der Waals surface area (Å²) >= 11 is 0. The zero-order valence-electron chi connectivity index (χ0n) is 12.8. The van der Waals surface area contributed by atoms with Gasteiger partial charge in [0, 0.05) is 5.92 Å². The molecule has 2 unspecified atom stereocenters. The molecule has 25 heavy (non-hydrogen) atoms. The second-order valence-electron chi connectivity index (χ2n) is 5.70. The number of ether oxygens (including phenoxy) is 1. The molecule has 2 heterocycles. The molecule has 0 aliphatic carbocycles. The molecule has 4 rings (SSSR count). The molecule has 0 saturated carbocycles. The van der Waals surface area contributed by atoms with Crippen LogP contribution in [0.25, 0.3) is 11.0 Å². The van der Waals surface area contributed by atoms with E-state index in [1.54, 1.807) is 30.3 Å². The van der Waals surface area contributed by atoms with Crippen LogP contribution in [0, 0.1) is 28.5 Å². The zero-order valence-corrected chi connectivity index (χ0v) is 12.8. The Bertz CT molecular complexity index is 1110. The Labute approximate surface area is 141 Å². The normalized spacial score (nSPS) is 19.1. The first kappa shape index (κ1) is 15.1. The summed E-state index contributed by atoms with van der Waals surface area (Å²) in [5, 5.41) is 18.1. The minimum Gasteiger partial charge on any atom is -0.441 e. The highest BCUT2D eigenvalue weighted by atomic mass is 19.1. The second-order valence-corrected chi connectivity index (χ2v) is 5.70. The molecule has 0 fully saturated rings. The minimum atomic E-state index is -1.12. The lowest BCUT2D eigenvalue weighted by atomic mass is 9.79. The zero-order chi connectivity index (χ0) is 17.6. The lowest BCUT2D eigenvalue weighted by Crippen LogP contribution is -2.35. The van der Waals surface area contributed by atoms with Crippen molar-refractivity contribution in [2.24, 2.45) is 5.92 Å². The third kappa shape index (κ3) is 2.21. The molecular formula is C19H11FN2O3. The van der Waals surface area contributed by atoms with Crippen LogP contribution in [0.15, 0.2) is 57.7 Å². The smallest absolute Gasteiger partial charge is 0.343 e. The summed E-state index contributed by atoms with van der Waals surface area (Å²) in [6, 6.07) is 14.6. The van der Waals surface area contributed by atoms with Crippen molar-refractivity contribution in [3.05, 3.63) is 75.9 Å². The van der Waals surface area contributed by atoms with Gasteiger partial charge in [-0.15, -0.1) is 0 Å². The van der Waals surface area contributed by atoms with Crippen molar-refractivity contribution in [3.63, 3.8) is 0 Å². The standard InChI is InChI=1S/C19H11FN2O3/c20-13-7-3-1-5-10(13)15-12(9-21)18(22)25-17-11-6-2-4-8-14(11)24-19(23)16(15)17/h1-8,12,15,22H. The number of nitriles is 1. The summed E-state index contributed by atoms with van der Waals surface area (Å²) < 4.78 is 25.2. The van der Waals surface area contributed by atoms with Gasteiger partial charge in [0.25, 0.3) is 0 Å². The molecule has 1 aliphatic rings. The molecule has 0 bridgehead atoms. The first-order chi connectivity index (χ1) is 12.1. The number of fused-ring (bicyclic) bond motifs is 3. The number of para-hydroxylation sites is 1. The number of nitrogens with one attached hydrogen (secondary N) is 1. The molecular weight excluding hydrogens is 323 g/mol. The van der Waals surface area contributed by atoms with Gasteiger partial charge in [-0.25, -0.2) is 9.18 Å². The Morgan fingerprint density at radius 3 is 2.60 bits per heavy atom. The number of nitrogens with zero attached hydrogens (tertiary/aromatic N) is 1. The first-order valence-electron chi connectivity index (χ1n) is 7.58. The maximum Gasteiger partial charge on any atom is 0.343 e. The van der Waals surface area contributed by atoms with Crippen LogP contribution in [0.3, 0.4) is 0 Å². The van der Waals surface area contributed by atoms with E-state index < -0.39 is 23.3 Å². The molecule has 2 atom stereocenters. The highest BCUT2D eigenvalue weighted by Gasteiger charge is 2.41. The van der Waals surface area contributed by atoms with Gasteiger partial charge in [-0.1, -0.05) is 30.3 Å². The van der Waals surface area contributed by atoms with Crippen LogP contribution >= 0.6 is 0 Å². The highest BCUT2D eigenvalue weighted by Crippen LogP contribution is 2.43. The average Bonchev–Trinajstić information content (AvgIpc) is 2.61. The average molecular weight is 334 g/mol. The van der Waals surface area contributed by atoms with Crippen LogP contribution < -0.4 is 10.4 Å². The molecule has 1 N–H and O–H groups in total. The van der Waals surface area contributed by atoms with E-state index >= 15 is 0 Å². The predicted octanol–water partition coefficient (Wildman–Crippen LogP) is 3.57. The number of rotatable bonds is 1. The van der Waals surface area contributed by atoms with E-state index in [4.69, 9.17) is 14.6 Å². The number of benzene rings is 2. The maximum absolute atomic E-state index is 14.4. The number of hydrogen-bond donors (Lipinski definition) is 1. The van der Waals surface area contributed by atoms with E-state index in [0.717, 1.165) is 0 Å². The summed E-state index contributed by atoms with van der Waals surface area (Å²) in [5.41, 5.74) is -0.172. The Kier molecular flexibility index (Phi) is 3.36. The van der Waals surface area contributed by atoms with E-state index in [1.807, 2.05) is 6.07 Å². The van der Waals surface area contributed by atoms with E-state index in [2.05, 4.69) is 0 Å². The van der Waals surface area contributed by atoms with Gasteiger partial charge in [-0.2, -0.15) is 5.26 Å². The highest BCUT2D eigenvalue weighted by molar-refractivity contribution is 5.93. The lowest BCUT2D eigenvalue weighted by molar-refractivity contribution is 0.426. The third-order valence-electron chi connectivity index (χ3n) is 4.32. The Morgan fingerprint density at radius 1 is 1.12 bits per heavy atom. The summed E-state index contributed by atoms with van der Waals surface area (Å²) in [5.74, 6) is -2.81. The maximum atomic E-state index is 14.4. The van der Waals surface area contributed by atoms with Crippen LogP contribution in [-0.2, 0) is 0 Å².